The van der Waals surface area contributed by atoms with Gasteiger partial charge >= 0.3 is 0 Å². The Morgan fingerprint density at radius 1 is 1.43 bits per heavy atom. The van der Waals surface area contributed by atoms with Crippen LogP contribution in [0.5, 0.6) is 0 Å². The van der Waals surface area contributed by atoms with Crippen LogP contribution in [-0.4, -0.2) is 9.55 Å². The predicted molar refractivity (Wildman–Crippen MR) is 85.3 cm³/mol. The molecule has 1 aromatic heterocycles. The molecule has 1 heterocycles. The number of hydrogen-bond donors (Lipinski definition) is 0. The van der Waals surface area contributed by atoms with Crippen molar-refractivity contribution in [2.45, 2.75) is 50.9 Å². The van der Waals surface area contributed by atoms with Crippen molar-refractivity contribution in [2.24, 2.45) is 5.92 Å². The maximum atomic E-state index is 9.24. The van der Waals surface area contributed by atoms with Gasteiger partial charge in [0, 0.05) is 6.54 Å². The highest BCUT2D eigenvalue weighted by Gasteiger charge is 2.19. The van der Waals surface area contributed by atoms with E-state index in [-0.39, 0.29) is 5.38 Å². The van der Waals surface area contributed by atoms with Crippen LogP contribution in [0.2, 0.25) is 0 Å². The molecule has 4 heteroatoms. The van der Waals surface area contributed by atoms with E-state index >= 15 is 0 Å². The molecule has 21 heavy (non-hydrogen) atoms. The molecule has 0 aliphatic heterocycles. The number of aryl methyl sites for hydroxylation is 1. The van der Waals surface area contributed by atoms with E-state index in [1.165, 1.54) is 32.1 Å². The van der Waals surface area contributed by atoms with Gasteiger partial charge in [-0.25, -0.2) is 4.98 Å². The van der Waals surface area contributed by atoms with E-state index in [1.807, 2.05) is 25.1 Å². The van der Waals surface area contributed by atoms with Crippen molar-refractivity contribution in [3.8, 4) is 6.07 Å². The lowest BCUT2D eigenvalue weighted by Gasteiger charge is -2.13. The highest BCUT2D eigenvalue weighted by Crippen LogP contribution is 2.31. The van der Waals surface area contributed by atoms with Crippen LogP contribution in [0.25, 0.3) is 11.0 Å². The SMILES string of the molecule is CC(Cl)c1nc2c(C#N)cccc2n1CCC1CCCC1. The number of nitriles is 1. The minimum Gasteiger partial charge on any atom is -0.327 e. The molecule has 1 aliphatic carbocycles. The fourth-order valence-corrected chi connectivity index (χ4v) is 3.57. The Hall–Kier alpha value is -1.53. The number of alkyl halides is 1. The topological polar surface area (TPSA) is 41.6 Å². The van der Waals surface area contributed by atoms with E-state index < -0.39 is 0 Å². The summed E-state index contributed by atoms with van der Waals surface area (Å²) in [5, 5.41) is 9.10. The van der Waals surface area contributed by atoms with Crippen LogP contribution in [-0.2, 0) is 6.54 Å². The van der Waals surface area contributed by atoms with Crippen molar-refractivity contribution in [1.82, 2.24) is 9.55 Å². The van der Waals surface area contributed by atoms with Gasteiger partial charge in [0.05, 0.1) is 16.5 Å². The van der Waals surface area contributed by atoms with E-state index in [2.05, 4.69) is 15.6 Å². The van der Waals surface area contributed by atoms with Crippen LogP contribution >= 0.6 is 11.6 Å². The second-order valence-electron chi connectivity index (χ2n) is 5.96. The standard InChI is InChI=1S/C17H20ClN3/c1-12(18)17-20-16-14(11-19)7-4-8-15(16)21(17)10-9-13-5-2-3-6-13/h4,7-8,12-13H,2-3,5-6,9-10H2,1H3. The summed E-state index contributed by atoms with van der Waals surface area (Å²) in [6, 6.07) is 8.02. The minimum absolute atomic E-state index is 0.146. The molecule has 1 unspecified atom stereocenters. The molecule has 0 amide bonds. The lowest BCUT2D eigenvalue weighted by molar-refractivity contribution is 0.456. The largest absolute Gasteiger partial charge is 0.327 e. The Labute approximate surface area is 130 Å². The minimum atomic E-state index is -0.146. The number of benzene rings is 1. The fourth-order valence-electron chi connectivity index (χ4n) is 3.40. The van der Waals surface area contributed by atoms with E-state index in [9.17, 15) is 5.26 Å². The highest BCUT2D eigenvalue weighted by atomic mass is 35.5. The smallest absolute Gasteiger partial charge is 0.127 e. The Balaban J connectivity index is 1.98. The van der Waals surface area contributed by atoms with Crippen LogP contribution in [0.1, 0.15) is 55.8 Å². The van der Waals surface area contributed by atoms with Crippen LogP contribution < -0.4 is 0 Å². The molecule has 0 radical (unpaired) electrons. The zero-order valence-electron chi connectivity index (χ0n) is 12.3. The van der Waals surface area contributed by atoms with E-state index in [4.69, 9.17) is 11.6 Å². The van der Waals surface area contributed by atoms with Gasteiger partial charge in [-0.2, -0.15) is 5.26 Å². The first kappa shape index (κ1) is 14.4. The summed E-state index contributed by atoms with van der Waals surface area (Å²) in [5.41, 5.74) is 2.45. The third-order valence-corrected chi connectivity index (χ3v) is 4.72. The molecule has 1 fully saturated rings. The second-order valence-corrected chi connectivity index (χ2v) is 6.62. The van der Waals surface area contributed by atoms with E-state index in [0.29, 0.717) is 5.56 Å². The van der Waals surface area contributed by atoms with Gasteiger partial charge in [-0.1, -0.05) is 31.7 Å². The van der Waals surface area contributed by atoms with Crippen LogP contribution in [0.15, 0.2) is 18.2 Å². The molecule has 1 aliphatic rings. The third kappa shape index (κ3) is 2.78. The summed E-state index contributed by atoms with van der Waals surface area (Å²) < 4.78 is 2.21. The Morgan fingerprint density at radius 2 is 2.19 bits per heavy atom. The number of para-hydroxylation sites is 1. The molecule has 2 aromatic rings. The van der Waals surface area contributed by atoms with Gasteiger partial charge in [0.15, 0.2) is 0 Å². The molecule has 110 valence electrons. The molecular formula is C17H20ClN3. The van der Waals surface area contributed by atoms with Crippen LogP contribution in [0.3, 0.4) is 0 Å². The molecule has 0 bridgehead atoms. The number of imidazole rings is 1. The molecule has 0 saturated heterocycles. The van der Waals surface area contributed by atoms with Crippen molar-refractivity contribution >= 4 is 22.6 Å². The number of halogens is 1. The fraction of sp³-hybridized carbons (Fsp3) is 0.529. The molecule has 1 saturated carbocycles. The first-order valence-corrected chi connectivity index (χ1v) is 8.17. The molecule has 3 nitrogen and oxygen atoms in total. The number of nitrogens with zero attached hydrogens (tertiary/aromatic N) is 3. The van der Waals surface area contributed by atoms with E-state index in [1.54, 1.807) is 0 Å². The number of hydrogen-bond acceptors (Lipinski definition) is 2. The first-order valence-electron chi connectivity index (χ1n) is 7.74. The maximum Gasteiger partial charge on any atom is 0.127 e. The average Bonchev–Trinajstić information content (AvgIpc) is 3.11. The first-order chi connectivity index (χ1) is 10.2. The summed E-state index contributed by atoms with van der Waals surface area (Å²) in [6.07, 6.45) is 6.61. The van der Waals surface area contributed by atoms with Crippen molar-refractivity contribution in [3.63, 3.8) is 0 Å². The van der Waals surface area contributed by atoms with Crippen molar-refractivity contribution in [3.05, 3.63) is 29.6 Å². The molecule has 0 N–H and O–H groups in total. The summed E-state index contributed by atoms with van der Waals surface area (Å²) in [6.45, 7) is 2.89. The van der Waals surface area contributed by atoms with Crippen molar-refractivity contribution < 1.29 is 0 Å². The van der Waals surface area contributed by atoms with Gasteiger partial charge < -0.3 is 4.57 Å². The summed E-state index contributed by atoms with van der Waals surface area (Å²) in [7, 11) is 0. The summed E-state index contributed by atoms with van der Waals surface area (Å²) in [5.74, 6) is 1.72. The Morgan fingerprint density at radius 3 is 2.86 bits per heavy atom. The number of rotatable bonds is 4. The molecular weight excluding hydrogens is 282 g/mol. The van der Waals surface area contributed by atoms with Crippen LogP contribution in [0, 0.1) is 17.2 Å². The predicted octanol–water partition coefficient (Wildman–Crippen LogP) is 4.79. The van der Waals surface area contributed by atoms with Crippen molar-refractivity contribution in [1.29, 1.82) is 5.26 Å². The Bertz CT molecular complexity index is 675. The summed E-state index contributed by atoms with van der Waals surface area (Å²) in [4.78, 5) is 4.64. The van der Waals surface area contributed by atoms with E-state index in [0.717, 1.165) is 29.3 Å². The number of aromatic nitrogens is 2. The third-order valence-electron chi connectivity index (χ3n) is 4.52. The lowest BCUT2D eigenvalue weighted by Crippen LogP contribution is -2.08. The normalized spacial score (nSPS) is 17.2. The quantitative estimate of drug-likeness (QED) is 0.762. The molecule has 1 atom stereocenters. The zero-order valence-corrected chi connectivity index (χ0v) is 13.1. The molecule has 1 aromatic carbocycles. The molecule has 0 spiro atoms. The monoisotopic (exact) mass is 301 g/mol. The zero-order chi connectivity index (χ0) is 14.8. The molecule has 3 rings (SSSR count). The average molecular weight is 302 g/mol. The second kappa shape index (κ2) is 6.07. The van der Waals surface area contributed by atoms with Gasteiger partial charge in [0.2, 0.25) is 0 Å². The lowest BCUT2D eigenvalue weighted by atomic mass is 10.0. The number of fused-ring (bicyclic) bond motifs is 1. The van der Waals surface area contributed by atoms with Crippen LogP contribution in [0.4, 0.5) is 0 Å². The van der Waals surface area contributed by atoms with Gasteiger partial charge in [0.1, 0.15) is 17.4 Å². The Kier molecular flexibility index (Phi) is 4.17. The highest BCUT2D eigenvalue weighted by molar-refractivity contribution is 6.20. The van der Waals surface area contributed by atoms with Gasteiger partial charge in [-0.05, 0) is 31.4 Å². The van der Waals surface area contributed by atoms with Gasteiger partial charge in [-0.15, -0.1) is 11.6 Å². The van der Waals surface area contributed by atoms with Gasteiger partial charge in [-0.3, -0.25) is 0 Å². The maximum absolute atomic E-state index is 9.24. The van der Waals surface area contributed by atoms with Crippen molar-refractivity contribution in [2.75, 3.05) is 0 Å². The summed E-state index contributed by atoms with van der Waals surface area (Å²) >= 11 is 6.30. The van der Waals surface area contributed by atoms with Gasteiger partial charge in [0.25, 0.3) is 0 Å².